The lowest BCUT2D eigenvalue weighted by molar-refractivity contribution is -0.135. The van der Waals surface area contributed by atoms with Gasteiger partial charge in [0.15, 0.2) is 0 Å². The van der Waals surface area contributed by atoms with Crippen molar-refractivity contribution in [3.63, 3.8) is 0 Å². The summed E-state index contributed by atoms with van der Waals surface area (Å²) >= 11 is 0. The minimum absolute atomic E-state index is 0.0266. The zero-order chi connectivity index (χ0) is 16.0. The smallest absolute Gasteiger partial charge is 0.318 e. The summed E-state index contributed by atoms with van der Waals surface area (Å²) in [4.78, 5) is 10.4. The van der Waals surface area contributed by atoms with Gasteiger partial charge in [-0.3, -0.25) is 4.79 Å². The second-order valence-corrected chi connectivity index (χ2v) is 7.27. The molecule has 0 bridgehead atoms. The lowest BCUT2D eigenvalue weighted by Gasteiger charge is -2.21. The van der Waals surface area contributed by atoms with Crippen molar-refractivity contribution < 1.29 is 23.1 Å². The Morgan fingerprint density at radius 3 is 2.41 bits per heavy atom. The second-order valence-electron chi connectivity index (χ2n) is 5.50. The molecule has 0 amide bonds. The molecule has 22 heavy (non-hydrogen) atoms. The number of hydrogen-bond acceptors (Lipinski definition) is 4. The monoisotopic (exact) mass is 327 g/mol. The fourth-order valence-electron chi connectivity index (χ4n) is 2.52. The third-order valence-electron chi connectivity index (χ3n) is 3.76. The highest BCUT2D eigenvalue weighted by molar-refractivity contribution is 7.89. The number of sulfonamides is 1. The van der Waals surface area contributed by atoms with Gasteiger partial charge in [0.2, 0.25) is 10.0 Å². The molecule has 0 heterocycles. The number of benzene rings is 1. The summed E-state index contributed by atoms with van der Waals surface area (Å²) < 4.78 is 31.4. The van der Waals surface area contributed by atoms with Gasteiger partial charge in [-0.2, -0.15) is 4.72 Å². The Kier molecular flexibility index (Phi) is 5.79. The Balaban J connectivity index is 1.90. The summed E-state index contributed by atoms with van der Waals surface area (Å²) in [5, 5.41) is 8.51. The van der Waals surface area contributed by atoms with Crippen molar-refractivity contribution >= 4 is 16.0 Å². The normalized spacial score (nSPS) is 16.4. The van der Waals surface area contributed by atoms with Crippen molar-refractivity contribution in [3.05, 3.63) is 24.3 Å². The molecule has 1 saturated carbocycles. The van der Waals surface area contributed by atoms with Gasteiger partial charge < -0.3 is 9.84 Å². The van der Waals surface area contributed by atoms with Gasteiger partial charge in [-0.25, -0.2) is 8.42 Å². The highest BCUT2D eigenvalue weighted by Crippen LogP contribution is 2.25. The van der Waals surface area contributed by atoms with Crippen LogP contribution in [0.25, 0.3) is 0 Å². The molecule has 2 rings (SSSR count). The van der Waals surface area contributed by atoms with Crippen molar-refractivity contribution in [2.45, 2.75) is 37.0 Å². The molecule has 2 N–H and O–H groups in total. The quantitative estimate of drug-likeness (QED) is 0.799. The summed E-state index contributed by atoms with van der Waals surface area (Å²) in [6, 6.07) is 6.02. The van der Waals surface area contributed by atoms with Gasteiger partial charge in [-0.05, 0) is 43.0 Å². The first kappa shape index (κ1) is 16.8. The molecule has 0 unspecified atom stereocenters. The van der Waals surface area contributed by atoms with E-state index in [0.717, 1.165) is 0 Å². The Hall–Kier alpha value is -1.60. The van der Waals surface area contributed by atoms with Crippen molar-refractivity contribution in [1.82, 2.24) is 4.72 Å². The van der Waals surface area contributed by atoms with Crippen LogP contribution in [0, 0.1) is 5.92 Å². The van der Waals surface area contributed by atoms with E-state index in [4.69, 9.17) is 9.84 Å². The largest absolute Gasteiger partial charge is 0.493 e. The Morgan fingerprint density at radius 2 is 1.82 bits per heavy atom. The minimum atomic E-state index is -3.79. The van der Waals surface area contributed by atoms with Gasteiger partial charge >= 0.3 is 5.97 Å². The van der Waals surface area contributed by atoms with E-state index in [1.807, 2.05) is 4.72 Å². The zero-order valence-corrected chi connectivity index (χ0v) is 13.1. The average Bonchev–Trinajstić information content (AvgIpc) is 2.52. The number of carboxylic acid groups (broad SMARTS) is 1. The SMILES string of the molecule is O=C(O)CNS(=O)(=O)c1ccc(OCC2CCCCC2)cc1. The highest BCUT2D eigenvalue weighted by Gasteiger charge is 2.16. The fraction of sp³-hybridized carbons (Fsp3) is 0.533. The molecule has 0 saturated heterocycles. The van der Waals surface area contributed by atoms with E-state index in [1.165, 1.54) is 44.2 Å². The van der Waals surface area contributed by atoms with Crippen LogP contribution in [0.15, 0.2) is 29.2 Å². The fourth-order valence-corrected chi connectivity index (χ4v) is 3.50. The summed E-state index contributed by atoms with van der Waals surface area (Å²) in [6.45, 7) is 0.0195. The first-order valence-corrected chi connectivity index (χ1v) is 8.90. The number of rotatable bonds is 7. The number of carboxylic acids is 1. The summed E-state index contributed by atoms with van der Waals surface area (Å²) in [5.41, 5.74) is 0. The van der Waals surface area contributed by atoms with E-state index in [0.29, 0.717) is 18.3 Å². The predicted octanol–water partition coefficient (Wildman–Crippen LogP) is 2.01. The third kappa shape index (κ3) is 4.99. The first-order valence-electron chi connectivity index (χ1n) is 7.42. The van der Waals surface area contributed by atoms with Crippen molar-refractivity contribution in [3.8, 4) is 5.75 Å². The molecule has 1 aliphatic rings. The molecule has 6 nitrogen and oxygen atoms in total. The standard InChI is InChI=1S/C15H21NO5S/c17-15(18)10-16-22(19,20)14-8-6-13(7-9-14)21-11-12-4-2-1-3-5-12/h6-9,12,16H,1-5,10-11H2,(H,17,18). The molecule has 122 valence electrons. The zero-order valence-electron chi connectivity index (χ0n) is 12.3. The van der Waals surface area contributed by atoms with E-state index < -0.39 is 22.5 Å². The lowest BCUT2D eigenvalue weighted by atomic mass is 9.90. The molecule has 7 heteroatoms. The lowest BCUT2D eigenvalue weighted by Crippen LogP contribution is -2.29. The summed E-state index contributed by atoms with van der Waals surface area (Å²) in [6.07, 6.45) is 6.17. The van der Waals surface area contributed by atoms with Crippen LogP contribution in [0.5, 0.6) is 5.75 Å². The molecule has 1 fully saturated rings. The maximum absolute atomic E-state index is 11.8. The topological polar surface area (TPSA) is 92.7 Å². The molecule has 0 atom stereocenters. The van der Waals surface area contributed by atoms with Crippen molar-refractivity contribution in [1.29, 1.82) is 0 Å². The van der Waals surface area contributed by atoms with Crippen LogP contribution < -0.4 is 9.46 Å². The number of ether oxygens (including phenoxy) is 1. The van der Waals surface area contributed by atoms with E-state index in [-0.39, 0.29) is 4.90 Å². The van der Waals surface area contributed by atoms with Crippen LogP contribution in [0.2, 0.25) is 0 Å². The Labute approximate surface area is 130 Å². The number of nitrogens with one attached hydrogen (secondary N) is 1. The summed E-state index contributed by atoms with van der Waals surface area (Å²) in [5.74, 6) is -0.0202. The number of aliphatic carboxylic acids is 1. The van der Waals surface area contributed by atoms with Crippen LogP contribution >= 0.6 is 0 Å². The number of carbonyl (C=O) groups is 1. The van der Waals surface area contributed by atoms with Crippen LogP contribution in [0.3, 0.4) is 0 Å². The van der Waals surface area contributed by atoms with Gasteiger partial charge in [-0.15, -0.1) is 0 Å². The maximum atomic E-state index is 11.8. The second kappa shape index (κ2) is 7.60. The van der Waals surface area contributed by atoms with Gasteiger partial charge in [0.25, 0.3) is 0 Å². The maximum Gasteiger partial charge on any atom is 0.318 e. The van der Waals surface area contributed by atoms with Gasteiger partial charge in [-0.1, -0.05) is 19.3 Å². The van der Waals surface area contributed by atoms with Gasteiger partial charge in [0, 0.05) is 0 Å². The third-order valence-corrected chi connectivity index (χ3v) is 5.18. The molecule has 1 aromatic carbocycles. The van der Waals surface area contributed by atoms with Crippen LogP contribution in [0.1, 0.15) is 32.1 Å². The molecule has 0 radical (unpaired) electrons. The van der Waals surface area contributed by atoms with Crippen molar-refractivity contribution in [2.75, 3.05) is 13.2 Å². The van der Waals surface area contributed by atoms with E-state index in [9.17, 15) is 13.2 Å². The highest BCUT2D eigenvalue weighted by atomic mass is 32.2. The average molecular weight is 327 g/mol. The van der Waals surface area contributed by atoms with E-state index in [2.05, 4.69) is 0 Å². The Bertz CT molecular complexity index is 591. The van der Waals surface area contributed by atoms with Crippen LogP contribution in [0.4, 0.5) is 0 Å². The molecule has 0 spiro atoms. The molecule has 1 aliphatic carbocycles. The molecule has 0 aromatic heterocycles. The minimum Gasteiger partial charge on any atom is -0.493 e. The molecule has 0 aliphatic heterocycles. The van der Waals surface area contributed by atoms with Crippen LogP contribution in [-0.2, 0) is 14.8 Å². The molecular weight excluding hydrogens is 306 g/mol. The summed E-state index contributed by atoms with van der Waals surface area (Å²) in [7, 11) is -3.79. The molecular formula is C15H21NO5S. The van der Waals surface area contributed by atoms with E-state index in [1.54, 1.807) is 12.1 Å². The first-order chi connectivity index (χ1) is 10.5. The Morgan fingerprint density at radius 1 is 1.18 bits per heavy atom. The predicted molar refractivity (Wildman–Crippen MR) is 81.3 cm³/mol. The van der Waals surface area contributed by atoms with E-state index >= 15 is 0 Å². The van der Waals surface area contributed by atoms with Gasteiger partial charge in [0.05, 0.1) is 11.5 Å². The number of hydrogen-bond donors (Lipinski definition) is 2. The van der Waals surface area contributed by atoms with Crippen molar-refractivity contribution in [2.24, 2.45) is 5.92 Å². The molecule has 1 aromatic rings. The van der Waals surface area contributed by atoms with Crippen LogP contribution in [-0.4, -0.2) is 32.6 Å². The van der Waals surface area contributed by atoms with Gasteiger partial charge in [0.1, 0.15) is 12.3 Å².